The molecule has 0 aliphatic carbocycles. The molecule has 0 saturated heterocycles. The molecule has 2 aromatic rings. The SMILES string of the molecule is Cc1ccc(S(=O)(=O)NC(=O)CCc2ccc(Cl)cc2)s1. The Kier molecular flexibility index (Phi) is 5.03. The average molecular weight is 344 g/mol. The fourth-order valence-electron chi connectivity index (χ4n) is 1.72. The number of benzene rings is 1. The molecule has 0 unspecified atom stereocenters. The number of nitrogens with one attached hydrogen (secondary N) is 1. The molecular formula is C14H14ClNO3S2. The van der Waals surface area contributed by atoms with Gasteiger partial charge in [-0.25, -0.2) is 13.1 Å². The third-order valence-corrected chi connectivity index (χ3v) is 5.90. The third-order valence-electron chi connectivity index (χ3n) is 2.78. The van der Waals surface area contributed by atoms with E-state index in [1.54, 1.807) is 18.2 Å². The minimum Gasteiger partial charge on any atom is -0.274 e. The van der Waals surface area contributed by atoms with E-state index in [9.17, 15) is 13.2 Å². The number of carbonyl (C=O) groups is 1. The van der Waals surface area contributed by atoms with Gasteiger partial charge in [-0.1, -0.05) is 23.7 Å². The summed E-state index contributed by atoms with van der Waals surface area (Å²) >= 11 is 6.91. The third kappa shape index (κ3) is 4.56. The first kappa shape index (κ1) is 16.0. The van der Waals surface area contributed by atoms with Crippen LogP contribution in [0.1, 0.15) is 16.9 Å². The van der Waals surface area contributed by atoms with Crippen molar-refractivity contribution in [3.63, 3.8) is 0 Å². The van der Waals surface area contributed by atoms with Crippen molar-refractivity contribution in [2.45, 2.75) is 24.0 Å². The second kappa shape index (κ2) is 6.60. The van der Waals surface area contributed by atoms with E-state index in [4.69, 9.17) is 11.6 Å². The van der Waals surface area contributed by atoms with Crippen molar-refractivity contribution in [3.05, 3.63) is 51.9 Å². The summed E-state index contributed by atoms with van der Waals surface area (Å²) in [5.41, 5.74) is 0.930. The van der Waals surface area contributed by atoms with Gasteiger partial charge in [-0.2, -0.15) is 0 Å². The van der Waals surface area contributed by atoms with E-state index in [-0.39, 0.29) is 10.6 Å². The summed E-state index contributed by atoms with van der Waals surface area (Å²) in [5.74, 6) is -0.518. The first-order valence-electron chi connectivity index (χ1n) is 6.23. The zero-order valence-electron chi connectivity index (χ0n) is 11.3. The first-order valence-corrected chi connectivity index (χ1v) is 8.91. The second-order valence-corrected chi connectivity index (χ2v) is 8.15. The van der Waals surface area contributed by atoms with Gasteiger partial charge in [0.25, 0.3) is 10.0 Å². The van der Waals surface area contributed by atoms with Gasteiger partial charge in [0.15, 0.2) is 0 Å². The molecule has 4 nitrogen and oxygen atoms in total. The molecule has 0 aliphatic rings. The lowest BCUT2D eigenvalue weighted by Crippen LogP contribution is -2.30. The lowest BCUT2D eigenvalue weighted by molar-refractivity contribution is -0.119. The number of carbonyl (C=O) groups excluding carboxylic acids is 1. The van der Waals surface area contributed by atoms with Crippen LogP contribution in [0.2, 0.25) is 5.02 Å². The van der Waals surface area contributed by atoms with Crippen LogP contribution in [0.5, 0.6) is 0 Å². The highest BCUT2D eigenvalue weighted by Gasteiger charge is 2.19. The van der Waals surface area contributed by atoms with Crippen LogP contribution in [-0.2, 0) is 21.2 Å². The zero-order chi connectivity index (χ0) is 15.5. The summed E-state index contributed by atoms with van der Waals surface area (Å²) in [6, 6.07) is 10.3. The van der Waals surface area contributed by atoms with Crippen molar-refractivity contribution < 1.29 is 13.2 Å². The number of rotatable bonds is 5. The van der Waals surface area contributed by atoms with Crippen molar-refractivity contribution in [3.8, 4) is 0 Å². The molecule has 0 bridgehead atoms. The van der Waals surface area contributed by atoms with Crippen LogP contribution in [0.3, 0.4) is 0 Å². The Hall–Kier alpha value is -1.37. The van der Waals surface area contributed by atoms with E-state index >= 15 is 0 Å². The van der Waals surface area contributed by atoms with E-state index in [1.807, 2.05) is 19.1 Å². The fourth-order valence-corrected chi connectivity index (χ4v) is 4.14. The predicted molar refractivity (Wildman–Crippen MR) is 84.2 cm³/mol. The topological polar surface area (TPSA) is 63.2 Å². The van der Waals surface area contributed by atoms with Crippen LogP contribution in [0.25, 0.3) is 0 Å². The summed E-state index contributed by atoms with van der Waals surface area (Å²) in [6.45, 7) is 1.81. The van der Waals surface area contributed by atoms with Gasteiger partial charge in [0.05, 0.1) is 0 Å². The Labute approximate surface area is 132 Å². The van der Waals surface area contributed by atoms with Gasteiger partial charge in [-0.15, -0.1) is 11.3 Å². The molecule has 112 valence electrons. The lowest BCUT2D eigenvalue weighted by atomic mass is 10.1. The van der Waals surface area contributed by atoms with Gasteiger partial charge in [0.2, 0.25) is 5.91 Å². The highest BCUT2D eigenvalue weighted by Crippen LogP contribution is 2.20. The Morgan fingerprint density at radius 1 is 1.19 bits per heavy atom. The lowest BCUT2D eigenvalue weighted by Gasteiger charge is -2.05. The van der Waals surface area contributed by atoms with Crippen molar-refractivity contribution in [1.29, 1.82) is 0 Å². The molecule has 0 radical (unpaired) electrons. The summed E-state index contributed by atoms with van der Waals surface area (Å²) in [4.78, 5) is 12.6. The maximum Gasteiger partial charge on any atom is 0.273 e. The zero-order valence-corrected chi connectivity index (χ0v) is 13.7. The van der Waals surface area contributed by atoms with E-state index in [0.29, 0.717) is 11.4 Å². The van der Waals surface area contributed by atoms with Crippen LogP contribution >= 0.6 is 22.9 Å². The molecule has 1 amide bonds. The molecule has 0 aliphatic heterocycles. The molecule has 1 aromatic heterocycles. The molecule has 0 saturated carbocycles. The normalized spacial score (nSPS) is 11.3. The number of hydrogen-bond donors (Lipinski definition) is 1. The van der Waals surface area contributed by atoms with Crippen LogP contribution in [0.15, 0.2) is 40.6 Å². The van der Waals surface area contributed by atoms with Crippen LogP contribution < -0.4 is 4.72 Å². The molecule has 1 aromatic carbocycles. The molecule has 21 heavy (non-hydrogen) atoms. The number of sulfonamides is 1. The maximum absolute atomic E-state index is 12.0. The van der Waals surface area contributed by atoms with Gasteiger partial charge >= 0.3 is 0 Å². The molecule has 0 spiro atoms. The summed E-state index contributed by atoms with van der Waals surface area (Å²) in [6.07, 6.45) is 0.563. The van der Waals surface area contributed by atoms with Crippen LogP contribution in [0, 0.1) is 6.92 Å². The number of hydrogen-bond acceptors (Lipinski definition) is 4. The van der Waals surface area contributed by atoms with Crippen molar-refractivity contribution in [1.82, 2.24) is 4.72 Å². The first-order chi connectivity index (χ1) is 9.87. The molecule has 1 N–H and O–H groups in total. The summed E-state index contributed by atoms with van der Waals surface area (Å²) in [5, 5.41) is 0.624. The number of amides is 1. The summed E-state index contributed by atoms with van der Waals surface area (Å²) in [7, 11) is -3.75. The predicted octanol–water partition coefficient (Wildman–Crippen LogP) is 3.15. The molecule has 0 fully saturated rings. The highest BCUT2D eigenvalue weighted by atomic mass is 35.5. The van der Waals surface area contributed by atoms with Crippen molar-refractivity contribution in [2.24, 2.45) is 0 Å². The molecule has 2 rings (SSSR count). The van der Waals surface area contributed by atoms with Crippen LogP contribution in [-0.4, -0.2) is 14.3 Å². The second-order valence-electron chi connectivity index (χ2n) is 4.52. The van der Waals surface area contributed by atoms with Gasteiger partial charge < -0.3 is 0 Å². The Morgan fingerprint density at radius 3 is 2.43 bits per heavy atom. The van der Waals surface area contributed by atoms with E-state index in [2.05, 4.69) is 4.72 Å². The van der Waals surface area contributed by atoms with Crippen molar-refractivity contribution in [2.75, 3.05) is 0 Å². The largest absolute Gasteiger partial charge is 0.274 e. The highest BCUT2D eigenvalue weighted by molar-refractivity contribution is 7.92. The monoisotopic (exact) mass is 343 g/mol. The Bertz CT molecular complexity index is 736. The smallest absolute Gasteiger partial charge is 0.273 e. The Balaban J connectivity index is 1.94. The van der Waals surface area contributed by atoms with Crippen molar-refractivity contribution >= 4 is 38.9 Å². The van der Waals surface area contributed by atoms with Gasteiger partial charge in [0.1, 0.15) is 4.21 Å². The summed E-state index contributed by atoms with van der Waals surface area (Å²) < 4.78 is 26.2. The minimum absolute atomic E-state index is 0.102. The number of aryl methyl sites for hydroxylation is 2. The molecule has 0 atom stereocenters. The van der Waals surface area contributed by atoms with E-state index < -0.39 is 15.9 Å². The molecule has 7 heteroatoms. The minimum atomic E-state index is -3.75. The van der Waals surface area contributed by atoms with E-state index in [0.717, 1.165) is 21.8 Å². The van der Waals surface area contributed by atoms with Gasteiger partial charge in [-0.3, -0.25) is 4.79 Å². The average Bonchev–Trinajstić information content (AvgIpc) is 2.85. The van der Waals surface area contributed by atoms with Gasteiger partial charge in [-0.05, 0) is 43.2 Å². The van der Waals surface area contributed by atoms with E-state index in [1.165, 1.54) is 6.07 Å². The van der Waals surface area contributed by atoms with Gasteiger partial charge in [0, 0.05) is 16.3 Å². The standard InChI is InChI=1S/C14H14ClNO3S2/c1-10-2-9-14(20-10)21(18,19)16-13(17)8-5-11-3-6-12(15)7-4-11/h2-4,6-7,9H,5,8H2,1H3,(H,16,17). The fraction of sp³-hybridized carbons (Fsp3) is 0.214. The number of halogens is 1. The molecule has 1 heterocycles. The molecular weight excluding hydrogens is 330 g/mol. The Morgan fingerprint density at radius 2 is 1.86 bits per heavy atom. The van der Waals surface area contributed by atoms with Crippen LogP contribution in [0.4, 0.5) is 0 Å². The number of thiophene rings is 1. The maximum atomic E-state index is 12.0. The quantitative estimate of drug-likeness (QED) is 0.907.